The lowest BCUT2D eigenvalue weighted by Crippen LogP contribution is -2.41. The molecule has 0 saturated carbocycles. The van der Waals surface area contributed by atoms with Gasteiger partial charge in [0.1, 0.15) is 0 Å². The van der Waals surface area contributed by atoms with E-state index in [1.807, 2.05) is 6.92 Å². The van der Waals surface area contributed by atoms with Crippen LogP contribution in [0.25, 0.3) is 0 Å². The van der Waals surface area contributed by atoms with Crippen molar-refractivity contribution < 1.29 is 4.74 Å². The Morgan fingerprint density at radius 3 is 2.75 bits per heavy atom. The van der Waals surface area contributed by atoms with Crippen molar-refractivity contribution in [1.82, 2.24) is 5.32 Å². The molecule has 0 spiro atoms. The number of rotatable bonds is 7. The topological polar surface area (TPSA) is 21.3 Å². The first-order valence-electron chi connectivity index (χ1n) is 5.75. The van der Waals surface area contributed by atoms with Gasteiger partial charge in [0, 0.05) is 28.4 Å². The van der Waals surface area contributed by atoms with Gasteiger partial charge in [-0.25, -0.2) is 0 Å². The largest absolute Gasteiger partial charge is 0.377 e. The van der Waals surface area contributed by atoms with Gasteiger partial charge in [0.15, 0.2) is 0 Å². The lowest BCUT2D eigenvalue weighted by Gasteiger charge is -2.24. The van der Waals surface area contributed by atoms with Crippen LogP contribution in [0.4, 0.5) is 0 Å². The van der Waals surface area contributed by atoms with Crippen molar-refractivity contribution in [2.45, 2.75) is 39.3 Å². The molecule has 0 aliphatic heterocycles. The van der Waals surface area contributed by atoms with Gasteiger partial charge in [-0.3, -0.25) is 0 Å². The lowest BCUT2D eigenvalue weighted by atomic mass is 10.1. The molecule has 0 fully saturated rings. The van der Waals surface area contributed by atoms with Crippen LogP contribution in [0.5, 0.6) is 0 Å². The summed E-state index contributed by atoms with van der Waals surface area (Å²) in [7, 11) is 0. The third-order valence-electron chi connectivity index (χ3n) is 2.56. The lowest BCUT2D eigenvalue weighted by molar-refractivity contribution is 0.0482. The van der Waals surface area contributed by atoms with Crippen molar-refractivity contribution in [3.63, 3.8) is 0 Å². The van der Waals surface area contributed by atoms with Crippen LogP contribution in [0.15, 0.2) is 15.9 Å². The number of ether oxygens (including phenoxy) is 1. The highest BCUT2D eigenvalue weighted by Crippen LogP contribution is 2.24. The minimum absolute atomic E-state index is 0.249. The summed E-state index contributed by atoms with van der Waals surface area (Å²) in [5, 5.41) is 5.61. The first-order valence-corrected chi connectivity index (χ1v) is 7.43. The van der Waals surface area contributed by atoms with Crippen LogP contribution in [0.2, 0.25) is 0 Å². The van der Waals surface area contributed by atoms with Crippen LogP contribution < -0.4 is 5.32 Å². The molecule has 0 aliphatic rings. The van der Waals surface area contributed by atoms with E-state index in [4.69, 9.17) is 4.74 Å². The van der Waals surface area contributed by atoms with E-state index >= 15 is 0 Å². The summed E-state index contributed by atoms with van der Waals surface area (Å²) in [6.07, 6.45) is 1.27. The predicted octanol–water partition coefficient (Wildman–Crippen LogP) is 3.46. The molecule has 1 N–H and O–H groups in total. The summed E-state index contributed by atoms with van der Waals surface area (Å²) in [4.78, 5) is 1.39. The van der Waals surface area contributed by atoms with E-state index < -0.39 is 0 Å². The Bertz CT molecular complexity index is 303. The quantitative estimate of drug-likeness (QED) is 0.833. The van der Waals surface area contributed by atoms with Crippen LogP contribution in [0, 0.1) is 0 Å². The molecule has 0 radical (unpaired) electrons. The fourth-order valence-corrected chi connectivity index (χ4v) is 3.29. The van der Waals surface area contributed by atoms with Gasteiger partial charge in [0.25, 0.3) is 0 Å². The summed E-state index contributed by atoms with van der Waals surface area (Å²) in [6.45, 7) is 8.06. The fraction of sp³-hybridized carbons (Fsp3) is 0.667. The first kappa shape index (κ1) is 14.2. The molecule has 1 rings (SSSR count). The summed E-state index contributed by atoms with van der Waals surface area (Å²) >= 11 is 5.37. The molecule has 92 valence electrons. The van der Waals surface area contributed by atoms with E-state index in [9.17, 15) is 0 Å². The van der Waals surface area contributed by atoms with Gasteiger partial charge >= 0.3 is 0 Å². The van der Waals surface area contributed by atoms with Crippen molar-refractivity contribution in [1.29, 1.82) is 0 Å². The molecular formula is C12H20BrNOS. The van der Waals surface area contributed by atoms with Crippen molar-refractivity contribution >= 4 is 27.3 Å². The highest BCUT2D eigenvalue weighted by molar-refractivity contribution is 9.10. The smallest absolute Gasteiger partial charge is 0.0703 e. The minimum atomic E-state index is 0.249. The van der Waals surface area contributed by atoms with Gasteiger partial charge in [0.2, 0.25) is 0 Å². The molecule has 2 unspecified atom stereocenters. The standard InChI is InChI=1S/C12H20BrNOS/c1-4-14-11(9(3)15-5-2)8-12-10(13)6-7-16-12/h6-7,9,11,14H,4-5,8H2,1-3H3. The summed E-state index contributed by atoms with van der Waals surface area (Å²) in [5.41, 5.74) is 0. The summed E-state index contributed by atoms with van der Waals surface area (Å²) in [5.74, 6) is 0. The SMILES string of the molecule is CCNC(Cc1sccc1Br)C(C)OCC. The van der Waals surface area contributed by atoms with Gasteiger partial charge in [-0.2, -0.15) is 0 Å². The summed E-state index contributed by atoms with van der Waals surface area (Å²) in [6, 6.07) is 2.49. The van der Waals surface area contributed by atoms with Gasteiger partial charge in [-0.05, 0) is 47.8 Å². The summed E-state index contributed by atoms with van der Waals surface area (Å²) < 4.78 is 6.88. The number of hydrogen-bond acceptors (Lipinski definition) is 3. The molecule has 4 heteroatoms. The molecule has 0 bridgehead atoms. The van der Waals surface area contributed by atoms with E-state index in [-0.39, 0.29) is 6.10 Å². The van der Waals surface area contributed by atoms with Crippen molar-refractivity contribution in [3.05, 3.63) is 20.8 Å². The Morgan fingerprint density at radius 1 is 1.50 bits per heavy atom. The van der Waals surface area contributed by atoms with Gasteiger partial charge in [-0.15, -0.1) is 11.3 Å². The highest BCUT2D eigenvalue weighted by atomic mass is 79.9. The molecule has 1 aromatic heterocycles. The van der Waals surface area contributed by atoms with Crippen LogP contribution >= 0.6 is 27.3 Å². The highest BCUT2D eigenvalue weighted by Gasteiger charge is 2.18. The number of hydrogen-bond donors (Lipinski definition) is 1. The minimum Gasteiger partial charge on any atom is -0.377 e. The Hall–Kier alpha value is 0.1000. The number of halogens is 1. The number of nitrogens with one attached hydrogen (secondary N) is 1. The Morgan fingerprint density at radius 2 is 2.25 bits per heavy atom. The van der Waals surface area contributed by atoms with Gasteiger partial charge in [0.05, 0.1) is 6.10 Å². The zero-order valence-corrected chi connectivity index (χ0v) is 12.5. The molecule has 0 saturated heterocycles. The molecule has 0 amide bonds. The Kier molecular flexibility index (Phi) is 6.58. The molecule has 1 aromatic rings. The van der Waals surface area contributed by atoms with Crippen LogP contribution in [-0.4, -0.2) is 25.3 Å². The second-order valence-electron chi connectivity index (χ2n) is 3.72. The van der Waals surface area contributed by atoms with Crippen molar-refractivity contribution in [2.75, 3.05) is 13.2 Å². The molecule has 0 aliphatic carbocycles. The maximum absolute atomic E-state index is 5.67. The van der Waals surface area contributed by atoms with Crippen molar-refractivity contribution in [2.24, 2.45) is 0 Å². The average Bonchev–Trinajstić information content (AvgIpc) is 2.64. The third-order valence-corrected chi connectivity index (χ3v) is 4.51. The van der Waals surface area contributed by atoms with E-state index in [1.165, 1.54) is 9.35 Å². The van der Waals surface area contributed by atoms with Crippen LogP contribution in [0.3, 0.4) is 0 Å². The monoisotopic (exact) mass is 305 g/mol. The molecule has 16 heavy (non-hydrogen) atoms. The maximum Gasteiger partial charge on any atom is 0.0703 e. The van der Waals surface area contributed by atoms with Gasteiger partial charge in [-0.1, -0.05) is 6.92 Å². The second-order valence-corrected chi connectivity index (χ2v) is 5.58. The Balaban J connectivity index is 2.60. The Labute approximate surface area is 111 Å². The van der Waals surface area contributed by atoms with Gasteiger partial charge < -0.3 is 10.1 Å². The third kappa shape index (κ3) is 4.17. The fourth-order valence-electron chi connectivity index (χ4n) is 1.72. The van der Waals surface area contributed by atoms with Crippen LogP contribution in [0.1, 0.15) is 25.6 Å². The molecule has 2 atom stereocenters. The first-order chi connectivity index (χ1) is 7.69. The molecular weight excluding hydrogens is 286 g/mol. The van der Waals surface area contributed by atoms with Crippen molar-refractivity contribution in [3.8, 4) is 0 Å². The van der Waals surface area contributed by atoms with E-state index in [2.05, 4.69) is 46.5 Å². The maximum atomic E-state index is 5.67. The van der Waals surface area contributed by atoms with E-state index in [0.717, 1.165) is 19.6 Å². The van der Waals surface area contributed by atoms with E-state index in [0.29, 0.717) is 6.04 Å². The average molecular weight is 306 g/mol. The number of thiophene rings is 1. The molecule has 0 aromatic carbocycles. The molecule has 2 nitrogen and oxygen atoms in total. The van der Waals surface area contributed by atoms with E-state index in [1.54, 1.807) is 11.3 Å². The zero-order valence-electron chi connectivity index (χ0n) is 10.1. The molecule has 1 heterocycles. The normalized spacial score (nSPS) is 15.0. The number of likely N-dealkylation sites (N-methyl/N-ethyl adjacent to an activating group) is 1. The zero-order chi connectivity index (χ0) is 12.0. The second kappa shape index (κ2) is 7.43. The van der Waals surface area contributed by atoms with Crippen LogP contribution in [-0.2, 0) is 11.2 Å². The predicted molar refractivity (Wildman–Crippen MR) is 74.3 cm³/mol.